The highest BCUT2D eigenvalue weighted by Crippen LogP contribution is 2.34. The van der Waals surface area contributed by atoms with Crippen LogP contribution in [0.15, 0.2) is 47.4 Å². The van der Waals surface area contributed by atoms with Crippen molar-refractivity contribution in [1.82, 2.24) is 4.31 Å². The van der Waals surface area contributed by atoms with Crippen LogP contribution >= 0.6 is 11.6 Å². The third kappa shape index (κ3) is 3.67. The summed E-state index contributed by atoms with van der Waals surface area (Å²) in [5, 5.41) is 0.444. The van der Waals surface area contributed by atoms with Gasteiger partial charge in [-0.15, -0.1) is 0 Å². The number of methoxy groups -OCH3 is 2. The topological polar surface area (TPSA) is 76.2 Å². The lowest BCUT2D eigenvalue weighted by atomic mass is 10.1. The predicted molar refractivity (Wildman–Crippen MR) is 107 cm³/mol. The lowest BCUT2D eigenvalue weighted by molar-refractivity contribution is -0.123. The van der Waals surface area contributed by atoms with E-state index < -0.39 is 16.1 Å². The summed E-state index contributed by atoms with van der Waals surface area (Å²) in [6.45, 7) is 1.95. The fraction of sp³-hybridized carbons (Fsp3) is 0.316. The Morgan fingerprint density at radius 1 is 1.04 bits per heavy atom. The molecule has 1 aliphatic heterocycles. The number of sulfonamides is 1. The van der Waals surface area contributed by atoms with Gasteiger partial charge in [-0.25, -0.2) is 8.42 Å². The summed E-state index contributed by atoms with van der Waals surface area (Å²) in [6.07, 6.45) is 0. The molecule has 1 fully saturated rings. The minimum Gasteiger partial charge on any atom is -0.497 e. The van der Waals surface area contributed by atoms with Crippen LogP contribution in [0.5, 0.6) is 11.5 Å². The van der Waals surface area contributed by atoms with Gasteiger partial charge < -0.3 is 14.4 Å². The van der Waals surface area contributed by atoms with Crippen molar-refractivity contribution in [3.8, 4) is 11.5 Å². The number of hydrogen-bond acceptors (Lipinski definition) is 5. The van der Waals surface area contributed by atoms with Gasteiger partial charge >= 0.3 is 0 Å². The van der Waals surface area contributed by atoms with Crippen LogP contribution in [0.1, 0.15) is 6.92 Å². The van der Waals surface area contributed by atoms with Gasteiger partial charge in [-0.2, -0.15) is 4.31 Å². The Morgan fingerprint density at radius 3 is 2.32 bits per heavy atom. The summed E-state index contributed by atoms with van der Waals surface area (Å²) in [5.74, 6) is 0.756. The van der Waals surface area contributed by atoms with Crippen molar-refractivity contribution < 1.29 is 22.7 Å². The zero-order valence-electron chi connectivity index (χ0n) is 15.8. The summed E-state index contributed by atoms with van der Waals surface area (Å²) in [7, 11) is -0.766. The maximum Gasteiger partial charge on any atom is 0.245 e. The van der Waals surface area contributed by atoms with E-state index in [1.807, 2.05) is 0 Å². The summed E-state index contributed by atoms with van der Waals surface area (Å²) in [5.41, 5.74) is 0.573. The number of carbonyl (C=O) groups is 1. The number of halogens is 1. The molecule has 0 radical (unpaired) electrons. The molecule has 28 heavy (non-hydrogen) atoms. The van der Waals surface area contributed by atoms with Gasteiger partial charge in [-0.05, 0) is 43.3 Å². The zero-order chi connectivity index (χ0) is 20.5. The molecule has 2 aromatic rings. The van der Waals surface area contributed by atoms with Crippen molar-refractivity contribution in [3.63, 3.8) is 0 Å². The molecule has 0 saturated carbocycles. The molecule has 0 bridgehead atoms. The number of nitrogens with zero attached hydrogens (tertiary/aromatic N) is 2. The first-order chi connectivity index (χ1) is 13.3. The quantitative estimate of drug-likeness (QED) is 0.737. The van der Waals surface area contributed by atoms with Crippen LogP contribution in [0, 0.1) is 0 Å². The molecule has 1 heterocycles. The highest BCUT2D eigenvalue weighted by molar-refractivity contribution is 7.89. The van der Waals surface area contributed by atoms with E-state index in [1.54, 1.807) is 32.2 Å². The van der Waals surface area contributed by atoms with Crippen molar-refractivity contribution in [2.75, 3.05) is 32.2 Å². The molecule has 1 aliphatic rings. The third-order valence-corrected chi connectivity index (χ3v) is 6.93. The zero-order valence-corrected chi connectivity index (χ0v) is 17.3. The number of rotatable bonds is 5. The second-order valence-corrected chi connectivity index (χ2v) is 8.60. The fourth-order valence-electron chi connectivity index (χ4n) is 3.17. The maximum absolute atomic E-state index is 13.0. The molecule has 1 atom stereocenters. The summed E-state index contributed by atoms with van der Waals surface area (Å²) in [4.78, 5) is 14.6. The second-order valence-electron chi connectivity index (χ2n) is 6.27. The smallest absolute Gasteiger partial charge is 0.245 e. The average Bonchev–Trinajstić information content (AvgIpc) is 2.69. The summed E-state index contributed by atoms with van der Waals surface area (Å²) >= 11 is 5.85. The number of amides is 1. The summed E-state index contributed by atoms with van der Waals surface area (Å²) in [6, 6.07) is 10.2. The Bertz CT molecular complexity index is 978. The molecule has 1 amide bonds. The molecule has 3 rings (SSSR count). The minimum absolute atomic E-state index is 0.104. The molecular weight excluding hydrogens is 404 g/mol. The Kier molecular flexibility index (Phi) is 5.83. The Labute approximate surface area is 169 Å². The molecule has 7 nitrogen and oxygen atoms in total. The van der Waals surface area contributed by atoms with Gasteiger partial charge in [0.25, 0.3) is 0 Å². The molecule has 0 N–H and O–H groups in total. The van der Waals surface area contributed by atoms with E-state index in [0.29, 0.717) is 22.2 Å². The second kappa shape index (κ2) is 7.98. The molecular formula is C19H21ClN2O5S. The van der Waals surface area contributed by atoms with Crippen molar-refractivity contribution in [3.05, 3.63) is 47.5 Å². The van der Waals surface area contributed by atoms with Crippen molar-refractivity contribution >= 4 is 33.2 Å². The molecule has 150 valence electrons. The first kappa shape index (κ1) is 20.4. The number of ether oxygens (including phenoxy) is 2. The first-order valence-corrected chi connectivity index (χ1v) is 10.4. The standard InChI is InChI=1S/C19H21ClN2O5S/c1-13-19(23)21(17-9-6-15(26-2)12-18(17)27-3)10-11-22(13)28(24,25)16-7-4-14(20)5-8-16/h4-9,12-13H,10-11H2,1-3H3. The van der Waals surface area contributed by atoms with E-state index in [9.17, 15) is 13.2 Å². The Hall–Kier alpha value is -2.29. The largest absolute Gasteiger partial charge is 0.497 e. The first-order valence-electron chi connectivity index (χ1n) is 8.60. The van der Waals surface area contributed by atoms with Crippen LogP contribution in [-0.4, -0.2) is 52.0 Å². The van der Waals surface area contributed by atoms with E-state index in [1.165, 1.54) is 40.6 Å². The molecule has 0 spiro atoms. The van der Waals surface area contributed by atoms with Gasteiger partial charge in [0.2, 0.25) is 15.9 Å². The van der Waals surface area contributed by atoms with Crippen molar-refractivity contribution in [1.29, 1.82) is 0 Å². The highest BCUT2D eigenvalue weighted by atomic mass is 35.5. The molecule has 0 aliphatic carbocycles. The average molecular weight is 425 g/mol. The van der Waals surface area contributed by atoms with E-state index in [-0.39, 0.29) is 23.9 Å². The maximum atomic E-state index is 13.0. The van der Waals surface area contributed by atoms with Crippen molar-refractivity contribution in [2.24, 2.45) is 0 Å². The van der Waals surface area contributed by atoms with Gasteiger partial charge in [0.05, 0.1) is 24.8 Å². The van der Waals surface area contributed by atoms with E-state index in [0.717, 1.165) is 0 Å². The molecule has 0 aromatic heterocycles. The van der Waals surface area contributed by atoms with Crippen LogP contribution in [-0.2, 0) is 14.8 Å². The van der Waals surface area contributed by atoms with Crippen LogP contribution < -0.4 is 14.4 Å². The van der Waals surface area contributed by atoms with Crippen LogP contribution in [0.3, 0.4) is 0 Å². The lowest BCUT2D eigenvalue weighted by Gasteiger charge is -2.38. The SMILES string of the molecule is COc1ccc(N2CCN(S(=O)(=O)c3ccc(Cl)cc3)C(C)C2=O)c(OC)c1. The van der Waals surface area contributed by atoms with Crippen LogP contribution in [0.2, 0.25) is 5.02 Å². The van der Waals surface area contributed by atoms with Crippen molar-refractivity contribution in [2.45, 2.75) is 17.9 Å². The van der Waals surface area contributed by atoms with Crippen LogP contribution in [0.25, 0.3) is 0 Å². The Balaban J connectivity index is 1.89. The summed E-state index contributed by atoms with van der Waals surface area (Å²) < 4.78 is 37.7. The van der Waals surface area contributed by atoms with E-state index in [2.05, 4.69) is 0 Å². The molecule has 2 aromatic carbocycles. The number of benzene rings is 2. The lowest BCUT2D eigenvalue weighted by Crippen LogP contribution is -2.57. The fourth-order valence-corrected chi connectivity index (χ4v) is 4.87. The minimum atomic E-state index is -3.82. The van der Waals surface area contributed by atoms with Gasteiger partial charge in [-0.3, -0.25) is 4.79 Å². The van der Waals surface area contributed by atoms with Gasteiger partial charge in [0.15, 0.2) is 0 Å². The van der Waals surface area contributed by atoms with Crippen LogP contribution in [0.4, 0.5) is 5.69 Å². The van der Waals surface area contributed by atoms with E-state index in [4.69, 9.17) is 21.1 Å². The number of carbonyl (C=O) groups excluding carboxylic acids is 1. The monoisotopic (exact) mass is 424 g/mol. The Morgan fingerprint density at radius 2 is 1.71 bits per heavy atom. The van der Waals surface area contributed by atoms with Gasteiger partial charge in [-0.1, -0.05) is 11.6 Å². The molecule has 1 unspecified atom stereocenters. The number of piperazine rings is 1. The van der Waals surface area contributed by atoms with E-state index >= 15 is 0 Å². The third-order valence-electron chi connectivity index (χ3n) is 4.70. The molecule has 1 saturated heterocycles. The van der Waals surface area contributed by atoms with Gasteiger partial charge in [0, 0.05) is 24.2 Å². The number of anilines is 1. The number of hydrogen-bond donors (Lipinski definition) is 0. The predicted octanol–water partition coefficient (Wildman–Crippen LogP) is 2.78. The highest BCUT2D eigenvalue weighted by Gasteiger charge is 2.40. The normalized spacial score (nSPS) is 18.2. The van der Waals surface area contributed by atoms with Gasteiger partial charge in [0.1, 0.15) is 17.5 Å². The molecule has 9 heteroatoms.